The number of ether oxygens (including phenoxy) is 2. The minimum Gasteiger partial charge on any atom is -0.458 e. The highest BCUT2D eigenvalue weighted by atomic mass is 19.2. The number of esters is 1. The maximum atomic E-state index is 15.2. The van der Waals surface area contributed by atoms with Gasteiger partial charge in [0.2, 0.25) is 5.82 Å². The van der Waals surface area contributed by atoms with Crippen molar-refractivity contribution in [3.8, 4) is 0 Å². The van der Waals surface area contributed by atoms with Crippen molar-refractivity contribution in [1.82, 2.24) is 9.55 Å². The fraction of sp³-hybridized carbons (Fsp3) is 0.643. The van der Waals surface area contributed by atoms with Crippen LogP contribution in [0.15, 0.2) is 15.8 Å². The number of carbonyl (C=O) groups is 1. The Labute approximate surface area is 148 Å². The molecule has 5 N–H and O–H groups in total. The fourth-order valence-electron chi connectivity index (χ4n) is 2.11. The molecule has 0 unspecified atom stereocenters. The topological polar surface area (TPSA) is 157 Å². The number of halogens is 2. The molecule has 0 aromatic carbocycles. The molecule has 1 aliphatic heterocycles. The number of hydrogen-bond donors (Lipinski definition) is 4. The first-order valence-electron chi connectivity index (χ1n) is 8.45. The Morgan fingerprint density at radius 2 is 2.19 bits per heavy atom. The van der Waals surface area contributed by atoms with Gasteiger partial charge in [-0.15, -0.1) is 0 Å². The van der Waals surface area contributed by atoms with E-state index in [2.05, 4.69) is 9.47 Å². The highest BCUT2D eigenvalue weighted by molar-refractivity contribution is 5.75. The first kappa shape index (κ1) is 17.3. The van der Waals surface area contributed by atoms with Gasteiger partial charge in [0.1, 0.15) is 18.2 Å². The summed E-state index contributed by atoms with van der Waals surface area (Å²) >= 11 is 0. The molecule has 1 aromatic rings. The number of carbonyl (C=O) groups excluding carboxylic acids is 1. The van der Waals surface area contributed by atoms with E-state index in [0.717, 1.165) is 0 Å². The summed E-state index contributed by atoms with van der Waals surface area (Å²) < 4.78 is 53.2. The van der Waals surface area contributed by atoms with Crippen LogP contribution in [0, 0.1) is 11.7 Å². The summed E-state index contributed by atoms with van der Waals surface area (Å²) in [5.74, 6) is -7.18. The Morgan fingerprint density at radius 1 is 1.58 bits per heavy atom. The molecule has 0 bridgehead atoms. The number of aromatic amines is 1. The second kappa shape index (κ2) is 7.23. The molecule has 5 atom stereocenters. The van der Waals surface area contributed by atoms with Gasteiger partial charge in [-0.3, -0.25) is 19.1 Å². The first-order chi connectivity index (χ1) is 12.7. The van der Waals surface area contributed by atoms with Crippen molar-refractivity contribution in [2.75, 3.05) is 6.56 Å². The van der Waals surface area contributed by atoms with Crippen LogP contribution in [-0.2, 0) is 14.3 Å². The molecule has 1 fully saturated rings. The van der Waals surface area contributed by atoms with E-state index < -0.39 is 65.8 Å². The number of aromatic nitrogens is 2. The van der Waals surface area contributed by atoms with Crippen molar-refractivity contribution in [3.05, 3.63) is 32.9 Å². The maximum Gasteiger partial charge on any atom is 0.330 e. The summed E-state index contributed by atoms with van der Waals surface area (Å²) in [6, 6.07) is -1.33. The monoisotopic (exact) mass is 381 g/mol. The Bertz CT molecular complexity index is 877. The molecule has 12 heteroatoms. The van der Waals surface area contributed by atoms with Gasteiger partial charge in [-0.25, -0.2) is 9.18 Å². The number of alkyl halides is 1. The van der Waals surface area contributed by atoms with Crippen LogP contribution in [-0.4, -0.2) is 56.4 Å². The average molecular weight is 381 g/mol. The number of nitrogens with two attached hydrogens (primary N) is 1. The molecule has 1 aromatic heterocycles. The van der Waals surface area contributed by atoms with E-state index >= 15 is 4.39 Å². The molecule has 0 aliphatic carbocycles. The lowest BCUT2D eigenvalue weighted by Crippen LogP contribution is -2.46. The molecular formula is C14H19F2N3O7. The second-order valence-corrected chi connectivity index (χ2v) is 6.03. The molecular weight excluding hydrogens is 360 g/mol. The average Bonchev–Trinajstić information content (AvgIpc) is 2.82. The SMILES string of the molecule is [2H]C([2H])(OC(=O)[C@@H](N)C(C)C)[C@@]1(F)O[C@@H](n2cc(F)c(=O)[nH]c2=O)[C@H](O)[C@@H]1O. The van der Waals surface area contributed by atoms with E-state index in [4.69, 9.17) is 8.48 Å². The summed E-state index contributed by atoms with van der Waals surface area (Å²) in [6.45, 7) is -0.620. The molecule has 0 saturated carbocycles. The highest BCUT2D eigenvalue weighted by Crippen LogP contribution is 2.38. The predicted octanol–water partition coefficient (Wildman–Crippen LogP) is -1.88. The molecule has 0 amide bonds. The highest BCUT2D eigenvalue weighted by Gasteiger charge is 2.57. The molecule has 0 radical (unpaired) electrons. The van der Waals surface area contributed by atoms with Gasteiger partial charge in [0.05, 0.1) is 8.94 Å². The Morgan fingerprint density at radius 3 is 2.77 bits per heavy atom. The van der Waals surface area contributed by atoms with Gasteiger partial charge >= 0.3 is 11.7 Å². The summed E-state index contributed by atoms with van der Waals surface area (Å²) in [7, 11) is 0. The van der Waals surface area contributed by atoms with E-state index in [0.29, 0.717) is 0 Å². The van der Waals surface area contributed by atoms with Gasteiger partial charge in [0.15, 0.2) is 12.8 Å². The van der Waals surface area contributed by atoms with Crippen molar-refractivity contribution in [3.63, 3.8) is 0 Å². The van der Waals surface area contributed by atoms with Crippen LogP contribution >= 0.6 is 0 Å². The summed E-state index contributed by atoms with van der Waals surface area (Å²) in [5.41, 5.74) is 2.78. The summed E-state index contributed by atoms with van der Waals surface area (Å²) in [5, 5.41) is 20.0. The lowest BCUT2D eigenvalue weighted by atomic mass is 10.1. The third kappa shape index (κ3) is 3.67. The number of hydrogen-bond acceptors (Lipinski definition) is 8. The zero-order chi connectivity index (χ0) is 21.6. The van der Waals surface area contributed by atoms with E-state index in [1.54, 1.807) is 0 Å². The zero-order valence-electron chi connectivity index (χ0n) is 15.7. The molecule has 1 aliphatic rings. The number of rotatable bonds is 5. The molecule has 2 rings (SSSR count). The van der Waals surface area contributed by atoms with Gasteiger partial charge in [0, 0.05) is 0 Å². The largest absolute Gasteiger partial charge is 0.458 e. The third-order valence-electron chi connectivity index (χ3n) is 3.77. The smallest absolute Gasteiger partial charge is 0.330 e. The maximum absolute atomic E-state index is 15.2. The van der Waals surface area contributed by atoms with Crippen LogP contribution in [0.4, 0.5) is 8.78 Å². The van der Waals surface area contributed by atoms with Gasteiger partial charge in [-0.2, -0.15) is 4.39 Å². The lowest BCUT2D eigenvalue weighted by molar-refractivity contribution is -0.217. The van der Waals surface area contributed by atoms with Crippen molar-refractivity contribution < 1.29 is 36.0 Å². The molecule has 1 saturated heterocycles. The van der Waals surface area contributed by atoms with Crippen LogP contribution in [0.3, 0.4) is 0 Å². The lowest BCUT2D eigenvalue weighted by Gasteiger charge is -2.24. The Balaban J connectivity index is 2.38. The minimum atomic E-state index is -3.85. The van der Waals surface area contributed by atoms with Gasteiger partial charge in [0.25, 0.3) is 11.4 Å². The number of H-pyrrole nitrogens is 1. The van der Waals surface area contributed by atoms with Gasteiger partial charge in [-0.1, -0.05) is 13.8 Å². The molecule has 146 valence electrons. The third-order valence-corrected chi connectivity index (χ3v) is 3.77. The number of aliphatic hydroxyl groups excluding tert-OH is 2. The molecule has 26 heavy (non-hydrogen) atoms. The van der Waals surface area contributed by atoms with Crippen LogP contribution < -0.4 is 17.0 Å². The number of nitrogens with zero attached hydrogens (tertiary/aromatic N) is 1. The molecule has 0 spiro atoms. The Kier molecular flexibility index (Phi) is 4.80. The zero-order valence-corrected chi connectivity index (χ0v) is 13.7. The summed E-state index contributed by atoms with van der Waals surface area (Å²) in [4.78, 5) is 36.3. The van der Waals surface area contributed by atoms with Crippen LogP contribution in [0.1, 0.15) is 22.8 Å². The molecule has 2 heterocycles. The normalized spacial score (nSPS) is 31.5. The van der Waals surface area contributed by atoms with Crippen molar-refractivity contribution in [2.45, 2.75) is 44.2 Å². The fourth-order valence-corrected chi connectivity index (χ4v) is 2.11. The van der Waals surface area contributed by atoms with Crippen LogP contribution in [0.5, 0.6) is 0 Å². The standard InChI is InChI=1S/C14H19F2N3O7/c1-5(2)7(17)12(23)25-4-14(16)9(21)8(20)11(26-14)19-3-6(15)10(22)18-13(19)24/h3,5,7-9,11,20-21H,4,17H2,1-2H3,(H,18,22,24)/t7-,8+,9-,11+,14+/m0/s1/i4D2. The van der Waals surface area contributed by atoms with E-state index in [1.807, 2.05) is 0 Å². The van der Waals surface area contributed by atoms with Crippen LogP contribution in [0.25, 0.3) is 0 Å². The molecule has 10 nitrogen and oxygen atoms in total. The number of aliphatic hydroxyl groups is 2. The second-order valence-electron chi connectivity index (χ2n) is 6.03. The Hall–Kier alpha value is -2.15. The first-order valence-corrected chi connectivity index (χ1v) is 7.45. The number of nitrogens with one attached hydrogen (secondary N) is 1. The summed E-state index contributed by atoms with van der Waals surface area (Å²) in [6.07, 6.45) is -6.81. The van der Waals surface area contributed by atoms with Crippen molar-refractivity contribution >= 4 is 5.97 Å². The van der Waals surface area contributed by atoms with E-state index in [1.165, 1.54) is 18.8 Å². The van der Waals surface area contributed by atoms with Crippen molar-refractivity contribution in [2.24, 2.45) is 11.7 Å². The van der Waals surface area contributed by atoms with Crippen molar-refractivity contribution in [1.29, 1.82) is 0 Å². The van der Waals surface area contributed by atoms with E-state index in [9.17, 15) is 29.0 Å². The quantitative estimate of drug-likeness (QED) is 0.432. The minimum absolute atomic E-state index is 0.212. The van der Waals surface area contributed by atoms with Gasteiger partial charge < -0.3 is 25.4 Å². The van der Waals surface area contributed by atoms with Gasteiger partial charge in [-0.05, 0) is 5.92 Å². The predicted molar refractivity (Wildman–Crippen MR) is 81.0 cm³/mol. The van der Waals surface area contributed by atoms with E-state index in [-0.39, 0.29) is 10.8 Å². The van der Waals surface area contributed by atoms with Crippen LogP contribution in [0.2, 0.25) is 0 Å².